The van der Waals surface area contributed by atoms with E-state index < -0.39 is 15.6 Å². The summed E-state index contributed by atoms with van der Waals surface area (Å²) >= 11 is 0. The van der Waals surface area contributed by atoms with E-state index in [9.17, 15) is 0 Å². The number of phosphoric acid groups is 2. The van der Waals surface area contributed by atoms with Crippen molar-refractivity contribution in [3.8, 4) is 0 Å². The molecule has 64 valence electrons. The molecule has 0 saturated heterocycles. The fourth-order valence-electron chi connectivity index (χ4n) is 0. The predicted octanol–water partition coefficient (Wildman–Crippen LogP) is -9.03. The summed E-state index contributed by atoms with van der Waals surface area (Å²) in [5.74, 6) is 0. The van der Waals surface area contributed by atoms with E-state index in [2.05, 4.69) is 0 Å². The average molecular weight is 321 g/mol. The van der Waals surface area contributed by atoms with Gasteiger partial charge in [0.1, 0.15) is 0 Å². The van der Waals surface area contributed by atoms with Gasteiger partial charge in [-0.3, -0.25) is 0 Å². The smallest absolute Gasteiger partial charge is 0.822 e. The van der Waals surface area contributed by atoms with Crippen LogP contribution in [0.25, 0.3) is 0 Å². The van der Waals surface area contributed by atoms with E-state index in [1.807, 2.05) is 0 Å². The van der Waals surface area contributed by atoms with Gasteiger partial charge in [0.2, 0.25) is 0 Å². The Bertz CT molecular complexity index is 134. The van der Waals surface area contributed by atoms with Gasteiger partial charge < -0.3 is 38.5 Å². The maximum absolute atomic E-state index is 8.55. The minimum atomic E-state index is -5.39. The van der Waals surface area contributed by atoms with Gasteiger partial charge in [0.15, 0.2) is 0 Å². The molecule has 0 aliphatic rings. The van der Waals surface area contributed by atoms with Crippen LogP contribution in [0.5, 0.6) is 0 Å². The molecule has 0 aromatic carbocycles. The molecule has 0 saturated carbocycles. The van der Waals surface area contributed by atoms with Crippen molar-refractivity contribution in [1.82, 2.24) is 0 Å². The topological polar surface area (TPSA) is 172 Å². The van der Waals surface area contributed by atoms with E-state index in [1.54, 1.807) is 0 Å². The maximum atomic E-state index is 8.55. The SMILES string of the molecule is O=P([O-])([O-])[O-].O=P([O-])([O-])[O-].[Al+3].[K+].[Zn+2]. The third-order valence-corrected chi connectivity index (χ3v) is 0. The molecule has 0 spiro atoms. The zero-order chi connectivity index (χ0) is 9.00. The molecule has 0 aliphatic heterocycles. The van der Waals surface area contributed by atoms with Gasteiger partial charge in [0.25, 0.3) is 0 Å². The third-order valence-electron chi connectivity index (χ3n) is 0. The minimum absolute atomic E-state index is 0. The summed E-state index contributed by atoms with van der Waals surface area (Å²) in [5.41, 5.74) is 0. The van der Waals surface area contributed by atoms with Crippen LogP contribution in [0.3, 0.4) is 0 Å². The molecule has 0 N–H and O–H groups in total. The Morgan fingerprint density at radius 2 is 0.692 bits per heavy atom. The summed E-state index contributed by atoms with van der Waals surface area (Å²) in [7, 11) is -10.8. The zero-order valence-electron chi connectivity index (χ0n) is 6.44. The van der Waals surface area contributed by atoms with Gasteiger partial charge in [0.05, 0.1) is 0 Å². The van der Waals surface area contributed by atoms with E-state index >= 15 is 0 Å². The molecular weight excluding hydrogens is 321 g/mol. The van der Waals surface area contributed by atoms with Gasteiger partial charge >= 0.3 is 88.2 Å². The first-order valence-corrected chi connectivity index (χ1v) is 4.38. The van der Waals surface area contributed by atoms with Gasteiger partial charge in [0, 0.05) is 0 Å². The Balaban J connectivity index is -0.0000000267. The standard InChI is InChI=1S/Al.K.2H3O4P.Zn/c;;2*1-5(2,3)4;/h;;2*(H3,1,2,3,4);/q+3;+1;;;+2/p-6. The van der Waals surface area contributed by atoms with Crippen LogP contribution in [-0.4, -0.2) is 17.4 Å². The molecule has 0 amide bonds. The van der Waals surface area contributed by atoms with Gasteiger partial charge in [-0.25, -0.2) is 0 Å². The van der Waals surface area contributed by atoms with Crippen LogP contribution >= 0.6 is 15.6 Å². The summed E-state index contributed by atoms with van der Waals surface area (Å²) < 4.78 is 17.1. The van der Waals surface area contributed by atoms with Crippen LogP contribution in [0, 0.1) is 0 Å². The van der Waals surface area contributed by atoms with Gasteiger partial charge in [-0.05, 0) is 0 Å². The van der Waals surface area contributed by atoms with Crippen molar-refractivity contribution in [3.63, 3.8) is 0 Å². The fourth-order valence-corrected chi connectivity index (χ4v) is 0. The quantitative estimate of drug-likeness (QED) is 0.312. The van der Waals surface area contributed by atoms with Crippen LogP contribution in [-0.2, 0) is 28.6 Å². The summed E-state index contributed by atoms with van der Waals surface area (Å²) in [6.07, 6.45) is 0. The molecular formula is AlKO8P2Zn. The molecule has 8 nitrogen and oxygen atoms in total. The number of hydrogen-bond donors (Lipinski definition) is 0. The van der Waals surface area contributed by atoms with E-state index in [0.29, 0.717) is 0 Å². The second kappa shape index (κ2) is 13.1. The van der Waals surface area contributed by atoms with Crippen LogP contribution in [0.4, 0.5) is 0 Å². The predicted molar refractivity (Wildman–Crippen MR) is 21.0 cm³/mol. The van der Waals surface area contributed by atoms with Crippen molar-refractivity contribution < 1.29 is 109 Å². The van der Waals surface area contributed by atoms with E-state index in [1.165, 1.54) is 0 Å². The van der Waals surface area contributed by atoms with Crippen LogP contribution in [0.2, 0.25) is 0 Å². The summed E-state index contributed by atoms with van der Waals surface area (Å²) in [5, 5.41) is 0. The molecule has 0 aliphatic carbocycles. The summed E-state index contributed by atoms with van der Waals surface area (Å²) in [4.78, 5) is 51.3. The Kier molecular flexibility index (Phi) is 29.9. The summed E-state index contributed by atoms with van der Waals surface area (Å²) in [6.45, 7) is 0. The first-order valence-electron chi connectivity index (χ1n) is 1.46. The summed E-state index contributed by atoms with van der Waals surface area (Å²) in [6, 6.07) is 0. The van der Waals surface area contributed by atoms with E-state index in [4.69, 9.17) is 38.5 Å². The second-order valence-electron chi connectivity index (χ2n) is 0.894. The molecule has 13 heavy (non-hydrogen) atoms. The number of hydrogen-bond acceptors (Lipinski definition) is 8. The van der Waals surface area contributed by atoms with Crippen molar-refractivity contribution in [1.29, 1.82) is 0 Å². The van der Waals surface area contributed by atoms with Gasteiger partial charge in [-0.2, -0.15) is 15.6 Å². The Hall–Kier alpha value is 3.01. The fraction of sp³-hybridized carbons (Fsp3) is 0. The molecule has 0 bridgehead atoms. The average Bonchev–Trinajstić information content (AvgIpc) is 1.12. The maximum Gasteiger partial charge on any atom is 3.00 e. The Morgan fingerprint density at radius 1 is 0.692 bits per heavy atom. The molecule has 0 radical (unpaired) electrons. The second-order valence-corrected chi connectivity index (χ2v) is 2.68. The molecule has 0 atom stereocenters. The molecule has 0 heterocycles. The van der Waals surface area contributed by atoms with Gasteiger partial charge in [-0.15, -0.1) is 0 Å². The molecule has 13 heteroatoms. The molecule has 0 aromatic heterocycles. The molecule has 0 fully saturated rings. The van der Waals surface area contributed by atoms with Crippen molar-refractivity contribution in [2.75, 3.05) is 0 Å². The number of rotatable bonds is 0. The van der Waals surface area contributed by atoms with Crippen LogP contribution in [0.15, 0.2) is 0 Å². The zero-order valence-corrected chi connectivity index (χ0v) is 15.5. The van der Waals surface area contributed by atoms with E-state index in [-0.39, 0.29) is 88.2 Å². The Labute approximate surface area is 140 Å². The molecule has 0 aromatic rings. The minimum Gasteiger partial charge on any atom is -0.822 e. The van der Waals surface area contributed by atoms with Crippen molar-refractivity contribution in [2.24, 2.45) is 0 Å². The normalized spacial score (nSPS) is 9.08. The third kappa shape index (κ3) is 280. The van der Waals surface area contributed by atoms with Crippen molar-refractivity contribution in [3.05, 3.63) is 0 Å². The van der Waals surface area contributed by atoms with Crippen LogP contribution < -0.4 is 80.7 Å². The Morgan fingerprint density at radius 3 is 0.692 bits per heavy atom. The molecule has 0 rings (SSSR count). The van der Waals surface area contributed by atoms with E-state index in [0.717, 1.165) is 0 Å². The largest absolute Gasteiger partial charge is 3.00 e. The van der Waals surface area contributed by atoms with Crippen molar-refractivity contribution >= 4 is 33.0 Å². The van der Waals surface area contributed by atoms with Crippen molar-refractivity contribution in [2.45, 2.75) is 0 Å². The first-order chi connectivity index (χ1) is 4.00. The van der Waals surface area contributed by atoms with Gasteiger partial charge in [-0.1, -0.05) is 0 Å². The molecule has 0 unspecified atom stereocenters. The van der Waals surface area contributed by atoms with Crippen LogP contribution in [0.1, 0.15) is 0 Å². The monoisotopic (exact) mass is 320 g/mol. The first kappa shape index (κ1) is 29.8.